The molecule has 5 heteroatoms. The van der Waals surface area contributed by atoms with Crippen LogP contribution >= 0.6 is 0 Å². The molecule has 2 aliphatic rings. The van der Waals surface area contributed by atoms with Gasteiger partial charge >= 0.3 is 5.97 Å². The molecule has 0 spiro atoms. The predicted molar refractivity (Wildman–Crippen MR) is 154 cm³/mol. The quantitative estimate of drug-likeness (QED) is 0.372. The molecule has 0 aliphatic heterocycles. The van der Waals surface area contributed by atoms with E-state index in [2.05, 4.69) is 38.1 Å². The highest BCUT2D eigenvalue weighted by atomic mass is 16.4. The van der Waals surface area contributed by atoms with Crippen molar-refractivity contribution in [2.24, 2.45) is 17.8 Å². The number of para-hydroxylation sites is 1. The van der Waals surface area contributed by atoms with Gasteiger partial charge in [-0.3, -0.25) is 4.79 Å². The van der Waals surface area contributed by atoms with Crippen LogP contribution in [0.2, 0.25) is 0 Å². The van der Waals surface area contributed by atoms with Gasteiger partial charge in [0.2, 0.25) is 0 Å². The second kappa shape index (κ2) is 10.3. The molecule has 198 valence electrons. The first-order chi connectivity index (χ1) is 18.1. The molecule has 38 heavy (non-hydrogen) atoms. The molecule has 0 radical (unpaired) electrons. The van der Waals surface area contributed by atoms with E-state index >= 15 is 0 Å². The minimum Gasteiger partial charge on any atom is -0.478 e. The Kier molecular flexibility index (Phi) is 7.04. The lowest BCUT2D eigenvalue weighted by molar-refractivity contribution is 0.0697. The van der Waals surface area contributed by atoms with Crippen LogP contribution in [0.15, 0.2) is 72.8 Å². The number of rotatable bonds is 6. The highest BCUT2D eigenvalue weighted by molar-refractivity contribution is 6.06. The van der Waals surface area contributed by atoms with E-state index in [1.165, 1.54) is 37.7 Å². The maximum absolute atomic E-state index is 13.3. The fourth-order valence-corrected chi connectivity index (χ4v) is 7.14. The van der Waals surface area contributed by atoms with Crippen molar-refractivity contribution in [3.05, 3.63) is 89.5 Å². The molecule has 2 fully saturated rings. The summed E-state index contributed by atoms with van der Waals surface area (Å²) in [6, 6.07) is 22.8. The predicted octanol–water partition coefficient (Wildman–Crippen LogP) is 7.53. The van der Waals surface area contributed by atoms with E-state index in [9.17, 15) is 14.7 Å². The smallest absolute Gasteiger partial charge is 0.337 e. The first kappa shape index (κ1) is 26.0. The molecule has 5 nitrogen and oxygen atoms in total. The van der Waals surface area contributed by atoms with Gasteiger partial charge in [0.05, 0.1) is 11.3 Å². The molecule has 0 heterocycles. The normalized spacial score (nSPS) is 24.5. The van der Waals surface area contributed by atoms with Gasteiger partial charge in [-0.1, -0.05) is 38.1 Å². The average molecular weight is 511 g/mol. The monoisotopic (exact) mass is 510 g/mol. The van der Waals surface area contributed by atoms with Crippen LogP contribution in [0, 0.1) is 17.8 Å². The summed E-state index contributed by atoms with van der Waals surface area (Å²) in [6.07, 6.45) is 6.65. The van der Waals surface area contributed by atoms with Crippen molar-refractivity contribution in [3.8, 4) is 0 Å². The van der Waals surface area contributed by atoms with Crippen molar-refractivity contribution in [1.29, 1.82) is 0 Å². The van der Waals surface area contributed by atoms with Gasteiger partial charge in [-0.2, -0.15) is 0 Å². The highest BCUT2D eigenvalue weighted by Gasteiger charge is 2.41. The lowest BCUT2D eigenvalue weighted by atomic mass is 9.57. The van der Waals surface area contributed by atoms with Crippen LogP contribution in [-0.4, -0.2) is 31.1 Å². The summed E-state index contributed by atoms with van der Waals surface area (Å²) in [5.41, 5.74) is 4.71. The molecule has 5 rings (SSSR count). The number of hydrogen-bond donors (Lipinski definition) is 1. The van der Waals surface area contributed by atoms with Gasteiger partial charge in [-0.05, 0) is 109 Å². The highest BCUT2D eigenvalue weighted by Crippen LogP contribution is 2.51. The Morgan fingerprint density at radius 2 is 1.39 bits per heavy atom. The van der Waals surface area contributed by atoms with Crippen molar-refractivity contribution in [2.75, 3.05) is 23.9 Å². The van der Waals surface area contributed by atoms with E-state index in [1.807, 2.05) is 37.2 Å². The summed E-state index contributed by atoms with van der Waals surface area (Å²) >= 11 is 0. The molecule has 2 atom stereocenters. The van der Waals surface area contributed by atoms with Gasteiger partial charge in [0.25, 0.3) is 5.91 Å². The Morgan fingerprint density at radius 1 is 0.816 bits per heavy atom. The van der Waals surface area contributed by atoms with E-state index in [1.54, 1.807) is 35.2 Å². The molecule has 2 aliphatic carbocycles. The number of carbonyl (C=O) groups is 2. The number of aromatic carboxylic acids is 1. The molecule has 1 amide bonds. The lowest BCUT2D eigenvalue weighted by Gasteiger charge is -2.47. The molecular weight excluding hydrogens is 472 g/mol. The van der Waals surface area contributed by atoms with Gasteiger partial charge in [-0.15, -0.1) is 0 Å². The number of carbonyl (C=O) groups excluding carboxylic acids is 1. The number of fused-ring (bicyclic) bond motifs is 2. The van der Waals surface area contributed by atoms with E-state index in [0.717, 1.165) is 29.1 Å². The van der Waals surface area contributed by atoms with E-state index in [0.29, 0.717) is 11.3 Å². The second-order valence-corrected chi connectivity index (χ2v) is 11.9. The molecule has 0 aromatic heterocycles. The Balaban J connectivity index is 1.28. The van der Waals surface area contributed by atoms with Crippen LogP contribution in [-0.2, 0) is 5.41 Å². The number of anilines is 3. The molecule has 1 N–H and O–H groups in total. The molecular formula is C33H38N2O3. The third kappa shape index (κ3) is 5.07. The zero-order chi connectivity index (χ0) is 27.0. The van der Waals surface area contributed by atoms with Gasteiger partial charge in [0, 0.05) is 31.0 Å². The maximum Gasteiger partial charge on any atom is 0.337 e. The van der Waals surface area contributed by atoms with Crippen LogP contribution in [0.5, 0.6) is 0 Å². The summed E-state index contributed by atoms with van der Waals surface area (Å²) in [5.74, 6) is 1.49. The summed E-state index contributed by atoms with van der Waals surface area (Å²) in [4.78, 5) is 28.4. The number of carboxylic acids is 1. The summed E-state index contributed by atoms with van der Waals surface area (Å²) in [5, 5.41) is 9.52. The first-order valence-electron chi connectivity index (χ1n) is 13.7. The Labute approximate surface area is 226 Å². The SMILES string of the molecule is CC1CC2CC(C1)CC(C)(c1ccc(N(C)C(=O)c3ccc(N(C)c4ccccc4C(=O)O)cc3)cc1)C2. The molecule has 0 saturated heterocycles. The second-order valence-electron chi connectivity index (χ2n) is 11.9. The number of carboxylic acid groups (broad SMARTS) is 1. The number of benzene rings is 3. The topological polar surface area (TPSA) is 60.9 Å². The van der Waals surface area contributed by atoms with Crippen molar-refractivity contribution in [3.63, 3.8) is 0 Å². The van der Waals surface area contributed by atoms with Crippen LogP contribution in [0.4, 0.5) is 17.1 Å². The van der Waals surface area contributed by atoms with Crippen molar-refractivity contribution in [2.45, 2.75) is 51.4 Å². The van der Waals surface area contributed by atoms with Crippen LogP contribution in [0.3, 0.4) is 0 Å². The zero-order valence-electron chi connectivity index (χ0n) is 22.9. The Hall–Kier alpha value is -3.60. The van der Waals surface area contributed by atoms with Crippen LogP contribution < -0.4 is 9.80 Å². The largest absolute Gasteiger partial charge is 0.478 e. The minimum atomic E-state index is -0.971. The fraction of sp³-hybridized carbons (Fsp3) is 0.394. The summed E-state index contributed by atoms with van der Waals surface area (Å²) < 4.78 is 0. The molecule has 2 unspecified atom stereocenters. The number of amides is 1. The van der Waals surface area contributed by atoms with Crippen LogP contribution in [0.25, 0.3) is 0 Å². The maximum atomic E-state index is 13.3. The average Bonchev–Trinajstić information content (AvgIpc) is 2.91. The van der Waals surface area contributed by atoms with Gasteiger partial charge in [-0.25, -0.2) is 4.79 Å². The van der Waals surface area contributed by atoms with Crippen LogP contribution in [0.1, 0.15) is 72.2 Å². The zero-order valence-corrected chi connectivity index (χ0v) is 22.9. The van der Waals surface area contributed by atoms with E-state index in [4.69, 9.17) is 0 Å². The molecule has 3 aromatic rings. The van der Waals surface area contributed by atoms with E-state index < -0.39 is 5.97 Å². The third-order valence-electron chi connectivity index (χ3n) is 8.87. The fourth-order valence-electron chi connectivity index (χ4n) is 7.14. The van der Waals surface area contributed by atoms with Crippen molar-refractivity contribution in [1.82, 2.24) is 0 Å². The summed E-state index contributed by atoms with van der Waals surface area (Å²) in [7, 11) is 3.64. The lowest BCUT2D eigenvalue weighted by Crippen LogP contribution is -2.38. The first-order valence-corrected chi connectivity index (χ1v) is 13.7. The minimum absolute atomic E-state index is 0.0784. The Bertz CT molecular complexity index is 1300. The third-order valence-corrected chi connectivity index (χ3v) is 8.87. The number of hydrogen-bond acceptors (Lipinski definition) is 3. The standard InChI is InChI=1S/C33H38N2O3/c1-22-17-23-19-24(18-22)21-33(2,20-23)26-11-15-28(16-12-26)35(4)31(36)25-9-13-27(14-10-25)34(3)30-8-6-5-7-29(30)32(37)38/h5-16,22-24H,17-21H2,1-4H3,(H,37,38). The van der Waals surface area contributed by atoms with Gasteiger partial charge in [0.1, 0.15) is 0 Å². The van der Waals surface area contributed by atoms with Crippen molar-refractivity contribution >= 4 is 28.9 Å². The van der Waals surface area contributed by atoms with E-state index in [-0.39, 0.29) is 16.9 Å². The molecule has 2 saturated carbocycles. The van der Waals surface area contributed by atoms with Gasteiger partial charge in [0.15, 0.2) is 0 Å². The Morgan fingerprint density at radius 3 is 2.00 bits per heavy atom. The molecule has 2 bridgehead atoms. The number of nitrogens with zero attached hydrogens (tertiary/aromatic N) is 2. The summed E-state index contributed by atoms with van der Waals surface area (Å²) in [6.45, 7) is 4.84. The molecule has 3 aromatic carbocycles. The van der Waals surface area contributed by atoms with Gasteiger partial charge < -0.3 is 14.9 Å². The van der Waals surface area contributed by atoms with Crippen molar-refractivity contribution < 1.29 is 14.7 Å².